The second kappa shape index (κ2) is 6.21. The van der Waals surface area contributed by atoms with E-state index < -0.39 is 0 Å². The molecule has 2 aromatic heterocycles. The van der Waals surface area contributed by atoms with Crippen molar-refractivity contribution in [3.05, 3.63) is 34.0 Å². The van der Waals surface area contributed by atoms with E-state index in [1.165, 1.54) is 5.56 Å². The first-order valence-corrected chi connectivity index (χ1v) is 9.74. The maximum absolute atomic E-state index is 12.5. The molecule has 4 heterocycles. The van der Waals surface area contributed by atoms with Crippen LogP contribution in [0.5, 0.6) is 0 Å². The Morgan fingerprint density at radius 1 is 1.32 bits per heavy atom. The highest BCUT2D eigenvalue weighted by Crippen LogP contribution is 2.48. The third-order valence-electron chi connectivity index (χ3n) is 5.97. The van der Waals surface area contributed by atoms with Crippen molar-refractivity contribution in [1.29, 1.82) is 0 Å². The fraction of sp³-hybridized carbons (Fsp3) is 0.611. The number of rotatable bonds is 3. The minimum absolute atomic E-state index is 0.0609. The molecule has 2 saturated heterocycles. The van der Waals surface area contributed by atoms with E-state index in [-0.39, 0.29) is 17.4 Å². The molecule has 1 spiro atoms. The molecule has 1 amide bonds. The van der Waals surface area contributed by atoms with Crippen LogP contribution in [0.25, 0.3) is 0 Å². The maximum atomic E-state index is 12.5. The number of carbonyl (C=O) groups is 1. The van der Waals surface area contributed by atoms with Crippen LogP contribution in [0.2, 0.25) is 0 Å². The maximum Gasteiger partial charge on any atom is 0.223 e. The molecule has 7 heteroatoms. The highest BCUT2D eigenvalue weighted by Gasteiger charge is 2.52. The Labute approximate surface area is 152 Å². The number of nitrogens with zero attached hydrogens (tertiary/aromatic N) is 5. The largest absolute Gasteiger partial charge is 0.339 e. The van der Waals surface area contributed by atoms with Crippen molar-refractivity contribution in [2.24, 2.45) is 7.05 Å². The molecule has 6 nitrogen and oxygen atoms in total. The topological polar surface area (TPSA) is 54.3 Å². The van der Waals surface area contributed by atoms with Crippen LogP contribution in [-0.4, -0.2) is 56.1 Å². The van der Waals surface area contributed by atoms with Gasteiger partial charge in [-0.2, -0.15) is 5.10 Å². The molecule has 0 bridgehead atoms. The number of likely N-dealkylation sites (tertiary alicyclic amines) is 2. The Morgan fingerprint density at radius 3 is 2.68 bits per heavy atom. The van der Waals surface area contributed by atoms with E-state index in [9.17, 15) is 4.79 Å². The second-order valence-electron chi connectivity index (χ2n) is 7.39. The summed E-state index contributed by atoms with van der Waals surface area (Å²) in [7, 11) is 3.92. The van der Waals surface area contributed by atoms with Gasteiger partial charge in [0.05, 0.1) is 22.4 Å². The number of hydrogen-bond acceptors (Lipinski definition) is 5. The Balaban J connectivity index is 1.51. The molecule has 2 fully saturated rings. The van der Waals surface area contributed by atoms with Gasteiger partial charge in [-0.3, -0.25) is 14.4 Å². The molecule has 0 unspecified atom stereocenters. The van der Waals surface area contributed by atoms with Gasteiger partial charge in [-0.15, -0.1) is 11.3 Å². The number of thiazole rings is 1. The molecular formula is C18H25N5OS. The zero-order valence-corrected chi connectivity index (χ0v) is 15.9. The van der Waals surface area contributed by atoms with Gasteiger partial charge in [-0.05, 0) is 25.3 Å². The van der Waals surface area contributed by atoms with Gasteiger partial charge < -0.3 is 4.90 Å². The van der Waals surface area contributed by atoms with Crippen molar-refractivity contribution >= 4 is 17.2 Å². The van der Waals surface area contributed by atoms with Crippen molar-refractivity contribution in [1.82, 2.24) is 24.6 Å². The molecule has 0 aliphatic carbocycles. The van der Waals surface area contributed by atoms with E-state index in [1.54, 1.807) is 11.3 Å². The SMILES string of the molecule is Cc1nc(CN2CCC3(CC2)[C@H](c2cnn(C)c2)CC(=O)N3C)cs1. The fourth-order valence-electron chi connectivity index (χ4n) is 4.52. The summed E-state index contributed by atoms with van der Waals surface area (Å²) in [5, 5.41) is 7.61. The molecule has 1 atom stereocenters. The van der Waals surface area contributed by atoms with E-state index in [2.05, 4.69) is 33.5 Å². The van der Waals surface area contributed by atoms with E-state index in [0.717, 1.165) is 43.2 Å². The number of piperidine rings is 1. The average Bonchev–Trinajstić information content (AvgIpc) is 3.26. The number of carbonyl (C=O) groups excluding carboxylic acids is 1. The van der Waals surface area contributed by atoms with Crippen LogP contribution in [-0.2, 0) is 18.4 Å². The van der Waals surface area contributed by atoms with Gasteiger partial charge in [-0.1, -0.05) is 0 Å². The number of likely N-dealkylation sites (N-methyl/N-ethyl adjacent to an activating group) is 1. The van der Waals surface area contributed by atoms with Gasteiger partial charge in [0, 0.05) is 57.6 Å². The molecule has 134 valence electrons. The molecule has 25 heavy (non-hydrogen) atoms. The summed E-state index contributed by atoms with van der Waals surface area (Å²) in [6, 6.07) is 0. The smallest absolute Gasteiger partial charge is 0.223 e. The Bertz CT molecular complexity index is 774. The molecule has 0 saturated carbocycles. The lowest BCUT2D eigenvalue weighted by Gasteiger charge is -2.46. The molecule has 2 aliphatic heterocycles. The summed E-state index contributed by atoms with van der Waals surface area (Å²) in [6.07, 6.45) is 6.63. The Morgan fingerprint density at radius 2 is 2.08 bits per heavy atom. The quantitative estimate of drug-likeness (QED) is 0.843. The van der Waals surface area contributed by atoms with Crippen molar-refractivity contribution in [3.8, 4) is 0 Å². The molecular weight excluding hydrogens is 334 g/mol. The molecule has 0 N–H and O–H groups in total. The zero-order valence-electron chi connectivity index (χ0n) is 15.1. The first kappa shape index (κ1) is 16.7. The first-order chi connectivity index (χ1) is 12.0. The Kier molecular flexibility index (Phi) is 4.16. The van der Waals surface area contributed by atoms with Gasteiger partial charge in [-0.25, -0.2) is 4.98 Å². The minimum Gasteiger partial charge on any atom is -0.339 e. The van der Waals surface area contributed by atoms with Crippen LogP contribution in [0.15, 0.2) is 17.8 Å². The van der Waals surface area contributed by atoms with Crippen LogP contribution >= 0.6 is 11.3 Å². The number of hydrogen-bond donors (Lipinski definition) is 0. The van der Waals surface area contributed by atoms with Crippen LogP contribution < -0.4 is 0 Å². The van der Waals surface area contributed by atoms with Crippen molar-refractivity contribution < 1.29 is 4.79 Å². The summed E-state index contributed by atoms with van der Waals surface area (Å²) in [5.41, 5.74) is 2.30. The lowest BCUT2D eigenvalue weighted by molar-refractivity contribution is -0.130. The first-order valence-electron chi connectivity index (χ1n) is 8.86. The lowest BCUT2D eigenvalue weighted by atomic mass is 9.74. The van der Waals surface area contributed by atoms with E-state index in [1.807, 2.05) is 29.9 Å². The van der Waals surface area contributed by atoms with E-state index in [0.29, 0.717) is 6.42 Å². The lowest BCUT2D eigenvalue weighted by Crippen LogP contribution is -2.53. The van der Waals surface area contributed by atoms with Crippen LogP contribution in [0.1, 0.15) is 41.4 Å². The summed E-state index contributed by atoms with van der Waals surface area (Å²) in [5.74, 6) is 0.514. The third kappa shape index (κ3) is 2.89. The van der Waals surface area contributed by atoms with Crippen molar-refractivity contribution in [2.45, 2.75) is 44.2 Å². The minimum atomic E-state index is -0.0609. The summed E-state index contributed by atoms with van der Waals surface area (Å²) in [6.45, 7) is 4.97. The Hall–Kier alpha value is -1.73. The normalized spacial score (nSPS) is 23.7. The van der Waals surface area contributed by atoms with Gasteiger partial charge in [0.1, 0.15) is 0 Å². The molecule has 2 aliphatic rings. The average molecular weight is 359 g/mol. The zero-order chi connectivity index (χ0) is 17.6. The van der Waals surface area contributed by atoms with Gasteiger partial charge in [0.25, 0.3) is 0 Å². The monoisotopic (exact) mass is 359 g/mol. The third-order valence-corrected chi connectivity index (χ3v) is 6.79. The van der Waals surface area contributed by atoms with Crippen LogP contribution in [0, 0.1) is 6.92 Å². The highest BCUT2D eigenvalue weighted by atomic mass is 32.1. The predicted octanol–water partition coefficient (Wildman–Crippen LogP) is 2.17. The van der Waals surface area contributed by atoms with Crippen molar-refractivity contribution in [2.75, 3.05) is 20.1 Å². The van der Waals surface area contributed by atoms with Crippen LogP contribution in [0.4, 0.5) is 0 Å². The highest BCUT2D eigenvalue weighted by molar-refractivity contribution is 7.09. The summed E-state index contributed by atoms with van der Waals surface area (Å²) < 4.78 is 1.84. The summed E-state index contributed by atoms with van der Waals surface area (Å²) >= 11 is 1.71. The molecule has 0 aromatic carbocycles. The van der Waals surface area contributed by atoms with Gasteiger partial charge >= 0.3 is 0 Å². The number of aryl methyl sites for hydroxylation is 2. The van der Waals surface area contributed by atoms with Gasteiger partial charge in [0.2, 0.25) is 5.91 Å². The predicted molar refractivity (Wildman–Crippen MR) is 97.4 cm³/mol. The van der Waals surface area contributed by atoms with E-state index >= 15 is 0 Å². The molecule has 0 radical (unpaired) electrons. The number of aromatic nitrogens is 3. The van der Waals surface area contributed by atoms with Crippen LogP contribution in [0.3, 0.4) is 0 Å². The standard InChI is InChI=1S/C18H25N5OS/c1-13-20-15(12-25-13)11-23-6-4-18(5-7-23)16(8-17(24)22(18)3)14-9-19-21(2)10-14/h9-10,12,16H,4-8,11H2,1-3H3/t16-/m0/s1. The number of amides is 1. The second-order valence-corrected chi connectivity index (χ2v) is 8.46. The summed E-state index contributed by atoms with van der Waals surface area (Å²) in [4.78, 5) is 21.6. The van der Waals surface area contributed by atoms with Gasteiger partial charge in [0.15, 0.2) is 0 Å². The fourth-order valence-corrected chi connectivity index (χ4v) is 5.13. The molecule has 2 aromatic rings. The van der Waals surface area contributed by atoms with Crippen molar-refractivity contribution in [3.63, 3.8) is 0 Å². The van der Waals surface area contributed by atoms with E-state index in [4.69, 9.17) is 0 Å². The molecule has 4 rings (SSSR count).